The number of pyridine rings is 1. The molecule has 2 aliphatic rings. The van der Waals surface area contributed by atoms with Gasteiger partial charge >= 0.3 is 17.8 Å². The Kier molecular flexibility index (Phi) is 11.1. The van der Waals surface area contributed by atoms with Gasteiger partial charge in [0.1, 0.15) is 24.4 Å². The van der Waals surface area contributed by atoms with Gasteiger partial charge in [0.2, 0.25) is 0 Å². The van der Waals surface area contributed by atoms with Crippen LogP contribution in [0.3, 0.4) is 0 Å². The van der Waals surface area contributed by atoms with Crippen molar-refractivity contribution in [3.8, 4) is 0 Å². The van der Waals surface area contributed by atoms with Gasteiger partial charge in [-0.15, -0.1) is 0 Å². The van der Waals surface area contributed by atoms with E-state index in [2.05, 4.69) is 15.3 Å². The molecular formula is C23H30F3N5O10. The second kappa shape index (κ2) is 14.1. The number of ether oxygens (including phenoxy) is 3. The maximum absolute atomic E-state index is 12.2. The zero-order valence-corrected chi connectivity index (χ0v) is 21.3. The molecule has 0 bridgehead atoms. The number of carboxylic acid groups (broad SMARTS) is 1. The normalized spacial score (nSPS) is 28.6. The van der Waals surface area contributed by atoms with Crippen molar-refractivity contribution in [3.05, 3.63) is 63.2 Å². The quantitative estimate of drug-likeness (QED) is 0.164. The molecule has 2 aliphatic heterocycles. The topological polar surface area (TPSA) is 231 Å². The van der Waals surface area contributed by atoms with Crippen LogP contribution in [0, 0.1) is 0 Å². The highest BCUT2D eigenvalue weighted by atomic mass is 19.4. The second-order valence-corrected chi connectivity index (χ2v) is 9.11. The van der Waals surface area contributed by atoms with Gasteiger partial charge in [-0.3, -0.25) is 19.3 Å². The van der Waals surface area contributed by atoms with Crippen LogP contribution in [0.25, 0.3) is 0 Å². The molecule has 2 aromatic heterocycles. The lowest BCUT2D eigenvalue weighted by Gasteiger charge is -2.28. The van der Waals surface area contributed by atoms with Crippen molar-refractivity contribution in [2.24, 2.45) is 5.73 Å². The van der Waals surface area contributed by atoms with Gasteiger partial charge in [-0.1, -0.05) is 0 Å². The fraction of sp³-hybridized carbons (Fsp3) is 0.565. The molecular weight excluding hydrogens is 563 g/mol. The summed E-state index contributed by atoms with van der Waals surface area (Å²) in [5.74, 6) is -2.76. The molecule has 4 rings (SSSR count). The van der Waals surface area contributed by atoms with Crippen LogP contribution in [-0.4, -0.2) is 103 Å². The number of nitrogens with zero attached hydrogens (tertiary/aromatic N) is 2. The number of carboxylic acids is 1. The van der Waals surface area contributed by atoms with Crippen LogP contribution in [0.4, 0.5) is 13.2 Å². The predicted octanol–water partition coefficient (Wildman–Crippen LogP) is -2.21. The number of carbonyl (C=O) groups is 1. The first-order valence-electron chi connectivity index (χ1n) is 12.2. The molecule has 0 aromatic carbocycles. The minimum Gasteiger partial charge on any atom is -0.475 e. The van der Waals surface area contributed by atoms with Gasteiger partial charge in [0.05, 0.1) is 12.2 Å². The number of alkyl halides is 3. The fourth-order valence-electron chi connectivity index (χ4n) is 4.12. The number of hydrogen-bond acceptors (Lipinski definition) is 12. The molecule has 18 heteroatoms. The van der Waals surface area contributed by atoms with Crippen molar-refractivity contribution in [1.29, 1.82) is 0 Å². The number of aliphatic hydroxyl groups is 3. The van der Waals surface area contributed by atoms with Gasteiger partial charge in [0.15, 0.2) is 12.5 Å². The summed E-state index contributed by atoms with van der Waals surface area (Å²) in [6, 6.07) is 4.86. The van der Waals surface area contributed by atoms with Crippen LogP contribution in [0.1, 0.15) is 18.2 Å². The van der Waals surface area contributed by atoms with E-state index in [-0.39, 0.29) is 19.5 Å². The summed E-state index contributed by atoms with van der Waals surface area (Å²) in [5, 5.41) is 41.4. The number of aliphatic hydroxyl groups excluding tert-OH is 3. The molecule has 41 heavy (non-hydrogen) atoms. The van der Waals surface area contributed by atoms with Crippen LogP contribution in [0.15, 0.2) is 46.4 Å². The number of aromatic amines is 1. The zero-order valence-electron chi connectivity index (χ0n) is 21.3. The molecule has 0 unspecified atom stereocenters. The fourth-order valence-corrected chi connectivity index (χ4v) is 4.12. The minimum absolute atomic E-state index is 0.00110. The van der Waals surface area contributed by atoms with E-state index in [9.17, 15) is 38.1 Å². The third-order valence-electron chi connectivity index (χ3n) is 6.18. The van der Waals surface area contributed by atoms with E-state index < -0.39 is 72.5 Å². The number of aromatic nitrogens is 3. The molecule has 8 atom stereocenters. The van der Waals surface area contributed by atoms with Crippen molar-refractivity contribution in [3.63, 3.8) is 0 Å². The zero-order chi connectivity index (χ0) is 30.3. The first kappa shape index (κ1) is 32.3. The summed E-state index contributed by atoms with van der Waals surface area (Å²) in [5.41, 5.74) is 5.29. The number of nitrogens with two attached hydrogens (primary N) is 1. The number of nitrogens with one attached hydrogen (secondary N) is 2. The second-order valence-electron chi connectivity index (χ2n) is 9.11. The van der Waals surface area contributed by atoms with Crippen LogP contribution >= 0.6 is 0 Å². The first-order chi connectivity index (χ1) is 19.3. The summed E-state index contributed by atoms with van der Waals surface area (Å²) in [4.78, 5) is 38.6. The standard InChI is InChI=1S/C21H29N5O8.C2HF3O2/c22-8-14-17(29)18(30)20(33-14)34-15(10-24-9-11-1-4-23-5-2-11)13-7-12(27)19(32-13)26-6-3-16(28)25-21(26)31;3-2(4,5)1(6)7/h1-6,12-15,17-20,24,27,29-30H,7-10,22H2,(H,25,28,31);(H,6,7)/t12-,13+,14-,15+,17-,18-,19-,20+;/m1./s1. The van der Waals surface area contributed by atoms with Crippen LogP contribution < -0.4 is 22.3 Å². The number of halogens is 3. The lowest BCUT2D eigenvalue weighted by Crippen LogP contribution is -2.44. The van der Waals surface area contributed by atoms with Gasteiger partial charge in [0.25, 0.3) is 5.56 Å². The average molecular weight is 594 g/mol. The Hall–Kier alpha value is -3.23. The first-order valence-corrected chi connectivity index (χ1v) is 12.2. The number of hydrogen-bond donors (Lipinski definition) is 7. The Balaban J connectivity index is 0.000000587. The molecule has 0 spiro atoms. The molecule has 0 saturated carbocycles. The lowest BCUT2D eigenvalue weighted by atomic mass is 10.1. The van der Waals surface area contributed by atoms with Crippen molar-refractivity contribution in [1.82, 2.24) is 19.9 Å². The van der Waals surface area contributed by atoms with E-state index in [1.165, 1.54) is 6.20 Å². The van der Waals surface area contributed by atoms with E-state index >= 15 is 0 Å². The monoisotopic (exact) mass is 593 g/mol. The minimum atomic E-state index is -5.08. The maximum Gasteiger partial charge on any atom is 0.490 e. The Morgan fingerprint density at radius 1 is 1.20 bits per heavy atom. The summed E-state index contributed by atoms with van der Waals surface area (Å²) in [6.07, 6.45) is -8.38. The maximum atomic E-state index is 12.2. The third kappa shape index (κ3) is 8.63. The highest BCUT2D eigenvalue weighted by Crippen LogP contribution is 2.32. The highest BCUT2D eigenvalue weighted by molar-refractivity contribution is 5.73. The molecule has 228 valence electrons. The Bertz CT molecular complexity index is 1250. The largest absolute Gasteiger partial charge is 0.490 e. The van der Waals surface area contributed by atoms with Gasteiger partial charge in [0, 0.05) is 50.7 Å². The van der Waals surface area contributed by atoms with Gasteiger partial charge in [-0.2, -0.15) is 13.2 Å². The molecule has 2 saturated heterocycles. The molecule has 2 fully saturated rings. The Morgan fingerprint density at radius 3 is 2.41 bits per heavy atom. The van der Waals surface area contributed by atoms with Crippen LogP contribution in [0.5, 0.6) is 0 Å². The van der Waals surface area contributed by atoms with Crippen molar-refractivity contribution < 1.29 is 52.6 Å². The molecule has 4 heterocycles. The average Bonchev–Trinajstić information content (AvgIpc) is 3.42. The summed E-state index contributed by atoms with van der Waals surface area (Å²) >= 11 is 0. The van der Waals surface area contributed by atoms with Gasteiger partial charge in [-0.25, -0.2) is 9.59 Å². The van der Waals surface area contributed by atoms with Crippen molar-refractivity contribution in [2.75, 3.05) is 13.1 Å². The predicted molar refractivity (Wildman–Crippen MR) is 130 cm³/mol. The molecule has 0 aliphatic carbocycles. The smallest absolute Gasteiger partial charge is 0.475 e. The van der Waals surface area contributed by atoms with Crippen LogP contribution in [-0.2, 0) is 25.5 Å². The third-order valence-corrected chi connectivity index (χ3v) is 6.18. The number of H-pyrrole nitrogens is 1. The van der Waals surface area contributed by atoms with Gasteiger partial charge in [-0.05, 0) is 17.7 Å². The molecule has 0 radical (unpaired) electrons. The molecule has 8 N–H and O–H groups in total. The van der Waals surface area contributed by atoms with E-state index in [0.29, 0.717) is 6.54 Å². The molecule has 0 amide bonds. The SMILES string of the molecule is NC[C@H]1O[C@@H](O[C@@H](CNCc2ccncc2)[C@@H]2C[C@@H](O)[C@H](n3ccc(=O)[nH]c3=O)O2)[C@H](O)[C@@H]1O.O=C(O)C(F)(F)F. The molecule has 2 aromatic rings. The van der Waals surface area contributed by atoms with E-state index in [1.807, 2.05) is 12.1 Å². The summed E-state index contributed by atoms with van der Waals surface area (Å²) < 4.78 is 50.3. The van der Waals surface area contributed by atoms with E-state index in [4.69, 9.17) is 29.8 Å². The number of rotatable bonds is 9. The lowest BCUT2D eigenvalue weighted by molar-refractivity contribution is -0.213. The van der Waals surface area contributed by atoms with E-state index in [0.717, 1.165) is 16.2 Å². The summed E-state index contributed by atoms with van der Waals surface area (Å²) in [6.45, 7) is 0.727. The molecule has 15 nitrogen and oxygen atoms in total. The van der Waals surface area contributed by atoms with Crippen molar-refractivity contribution in [2.45, 2.75) is 68.3 Å². The van der Waals surface area contributed by atoms with Gasteiger partial charge < -0.3 is 45.7 Å². The highest BCUT2D eigenvalue weighted by Gasteiger charge is 2.47. The van der Waals surface area contributed by atoms with Crippen molar-refractivity contribution >= 4 is 5.97 Å². The summed E-state index contributed by atoms with van der Waals surface area (Å²) in [7, 11) is 0. The van der Waals surface area contributed by atoms with E-state index in [1.54, 1.807) is 12.4 Å². The number of aliphatic carboxylic acids is 1. The Labute approximate surface area is 229 Å². The van der Waals surface area contributed by atoms with Crippen LogP contribution in [0.2, 0.25) is 0 Å². The Morgan fingerprint density at radius 2 is 1.85 bits per heavy atom.